The van der Waals surface area contributed by atoms with Crippen LogP contribution in [0.3, 0.4) is 0 Å². The van der Waals surface area contributed by atoms with Gasteiger partial charge in [-0.25, -0.2) is 9.78 Å². The standard InChI is InChI=1S/C25H29N7O2/c1-25(2,3)34-24(33)32-13-5-6-18(15-32)23-27-22(30-31(23)4)17-7-8-20-19(14-17)21(29-28-20)16-9-11-26-12-10-16/h7-12,14,18H,5-6,13,15H2,1-4H3,(H,28,29). The predicted octanol–water partition coefficient (Wildman–Crippen LogP) is 4.53. The summed E-state index contributed by atoms with van der Waals surface area (Å²) >= 11 is 0. The molecule has 176 valence electrons. The number of aryl methyl sites for hydroxylation is 1. The number of carbonyl (C=O) groups excluding carboxylic acids is 1. The zero-order chi connectivity index (χ0) is 23.9. The van der Waals surface area contributed by atoms with Gasteiger partial charge in [0.25, 0.3) is 0 Å². The van der Waals surface area contributed by atoms with Crippen LogP contribution in [-0.4, -0.2) is 59.6 Å². The van der Waals surface area contributed by atoms with Crippen LogP contribution in [0.15, 0.2) is 42.7 Å². The maximum absolute atomic E-state index is 12.6. The molecule has 34 heavy (non-hydrogen) atoms. The summed E-state index contributed by atoms with van der Waals surface area (Å²) in [6.45, 7) is 6.94. The van der Waals surface area contributed by atoms with Gasteiger partial charge in [-0.05, 0) is 63.9 Å². The molecule has 3 aromatic heterocycles. The normalized spacial score (nSPS) is 16.7. The van der Waals surface area contributed by atoms with E-state index in [0.717, 1.165) is 46.4 Å². The summed E-state index contributed by atoms with van der Waals surface area (Å²) in [4.78, 5) is 23.4. The van der Waals surface area contributed by atoms with E-state index in [9.17, 15) is 4.79 Å². The molecule has 1 aliphatic heterocycles. The Morgan fingerprint density at radius 1 is 1.15 bits per heavy atom. The molecule has 0 spiro atoms. The number of aromatic nitrogens is 6. The van der Waals surface area contributed by atoms with Crippen molar-refractivity contribution < 1.29 is 9.53 Å². The van der Waals surface area contributed by atoms with Crippen LogP contribution in [0.5, 0.6) is 0 Å². The lowest BCUT2D eigenvalue weighted by atomic mass is 9.97. The first kappa shape index (κ1) is 22.1. The molecule has 9 nitrogen and oxygen atoms in total. The van der Waals surface area contributed by atoms with Gasteiger partial charge in [0, 0.05) is 55.0 Å². The van der Waals surface area contributed by atoms with Crippen LogP contribution in [0.4, 0.5) is 4.79 Å². The molecule has 5 rings (SSSR count). The second-order valence-electron chi connectivity index (χ2n) is 9.75. The third-order valence-electron chi connectivity index (χ3n) is 6.01. The number of nitrogens with zero attached hydrogens (tertiary/aromatic N) is 6. The fourth-order valence-corrected chi connectivity index (χ4v) is 4.44. The molecule has 0 aliphatic carbocycles. The number of hydrogen-bond donors (Lipinski definition) is 1. The molecular weight excluding hydrogens is 430 g/mol. The van der Waals surface area contributed by atoms with Crippen LogP contribution in [-0.2, 0) is 11.8 Å². The van der Waals surface area contributed by atoms with Crippen LogP contribution in [0.1, 0.15) is 45.4 Å². The number of fused-ring (bicyclic) bond motifs is 1. The van der Waals surface area contributed by atoms with Crippen molar-refractivity contribution in [3.05, 3.63) is 48.5 Å². The first-order valence-electron chi connectivity index (χ1n) is 11.6. The number of nitrogens with one attached hydrogen (secondary N) is 1. The monoisotopic (exact) mass is 459 g/mol. The largest absolute Gasteiger partial charge is 0.444 e. The van der Waals surface area contributed by atoms with Crippen molar-refractivity contribution in [1.82, 2.24) is 34.8 Å². The Kier molecular flexibility index (Phi) is 5.55. The zero-order valence-electron chi connectivity index (χ0n) is 19.9. The van der Waals surface area contributed by atoms with E-state index in [1.54, 1.807) is 17.3 Å². The number of ether oxygens (including phenoxy) is 1. The summed E-state index contributed by atoms with van der Waals surface area (Å²) in [6.07, 6.45) is 5.11. The lowest BCUT2D eigenvalue weighted by molar-refractivity contribution is 0.0195. The van der Waals surface area contributed by atoms with Crippen LogP contribution >= 0.6 is 0 Å². The molecule has 1 aromatic carbocycles. The van der Waals surface area contributed by atoms with Gasteiger partial charge in [0.05, 0.1) is 5.52 Å². The SMILES string of the molecule is Cn1nc(-c2ccc3[nH]nc(-c4ccncc4)c3c2)nc1C1CCCN(C(=O)OC(C)(C)C)C1. The molecule has 1 unspecified atom stereocenters. The minimum absolute atomic E-state index is 0.109. The van der Waals surface area contributed by atoms with Gasteiger partial charge < -0.3 is 9.64 Å². The van der Waals surface area contributed by atoms with Crippen LogP contribution in [0.25, 0.3) is 33.5 Å². The molecule has 1 atom stereocenters. The summed E-state index contributed by atoms with van der Waals surface area (Å²) in [5.74, 6) is 1.65. The molecule has 9 heteroatoms. The Morgan fingerprint density at radius 3 is 2.71 bits per heavy atom. The summed E-state index contributed by atoms with van der Waals surface area (Å²) < 4.78 is 7.41. The third kappa shape index (κ3) is 4.37. The molecular formula is C25H29N7O2. The van der Waals surface area contributed by atoms with E-state index in [2.05, 4.69) is 21.2 Å². The third-order valence-corrected chi connectivity index (χ3v) is 6.01. The molecule has 1 amide bonds. The van der Waals surface area contributed by atoms with E-state index >= 15 is 0 Å². The molecule has 0 saturated carbocycles. The van der Waals surface area contributed by atoms with E-state index in [4.69, 9.17) is 14.8 Å². The number of aromatic amines is 1. The molecule has 1 saturated heterocycles. The minimum Gasteiger partial charge on any atom is -0.444 e. The highest BCUT2D eigenvalue weighted by Crippen LogP contribution is 2.31. The van der Waals surface area contributed by atoms with Crippen LogP contribution in [0.2, 0.25) is 0 Å². The van der Waals surface area contributed by atoms with Crippen molar-refractivity contribution in [3.8, 4) is 22.6 Å². The zero-order valence-corrected chi connectivity index (χ0v) is 19.9. The van der Waals surface area contributed by atoms with Crippen molar-refractivity contribution >= 4 is 17.0 Å². The summed E-state index contributed by atoms with van der Waals surface area (Å²) in [6, 6.07) is 9.96. The van der Waals surface area contributed by atoms with Crippen LogP contribution < -0.4 is 0 Å². The van der Waals surface area contributed by atoms with Crippen molar-refractivity contribution in [2.45, 2.75) is 45.1 Å². The highest BCUT2D eigenvalue weighted by atomic mass is 16.6. The summed E-state index contributed by atoms with van der Waals surface area (Å²) in [5.41, 5.74) is 3.23. The highest BCUT2D eigenvalue weighted by Gasteiger charge is 2.31. The van der Waals surface area contributed by atoms with Crippen molar-refractivity contribution in [3.63, 3.8) is 0 Å². The highest BCUT2D eigenvalue weighted by molar-refractivity contribution is 5.95. The van der Waals surface area contributed by atoms with E-state index in [0.29, 0.717) is 18.9 Å². The van der Waals surface area contributed by atoms with E-state index < -0.39 is 5.60 Å². The molecule has 0 radical (unpaired) electrons. The molecule has 4 heterocycles. The predicted molar refractivity (Wildman–Crippen MR) is 129 cm³/mol. The number of carbonyl (C=O) groups is 1. The number of benzene rings is 1. The lowest BCUT2D eigenvalue weighted by Gasteiger charge is -2.33. The number of amides is 1. The first-order valence-corrected chi connectivity index (χ1v) is 11.6. The van der Waals surface area contributed by atoms with Crippen molar-refractivity contribution in [1.29, 1.82) is 0 Å². The fraction of sp³-hybridized carbons (Fsp3) is 0.400. The molecule has 4 aromatic rings. The van der Waals surface area contributed by atoms with Gasteiger partial charge in [0.2, 0.25) is 0 Å². The Balaban J connectivity index is 1.42. The van der Waals surface area contributed by atoms with Gasteiger partial charge in [0.1, 0.15) is 17.1 Å². The van der Waals surface area contributed by atoms with Crippen molar-refractivity contribution in [2.75, 3.05) is 13.1 Å². The van der Waals surface area contributed by atoms with Gasteiger partial charge in [-0.2, -0.15) is 10.2 Å². The summed E-state index contributed by atoms with van der Waals surface area (Å²) in [7, 11) is 1.91. The second kappa shape index (κ2) is 8.55. The Bertz CT molecular complexity index is 1320. The van der Waals surface area contributed by atoms with Gasteiger partial charge in [-0.3, -0.25) is 14.8 Å². The number of hydrogen-bond acceptors (Lipinski definition) is 6. The molecule has 1 aliphatic rings. The topological polar surface area (TPSA) is 102 Å². The average Bonchev–Trinajstić information content (AvgIpc) is 3.42. The van der Waals surface area contributed by atoms with E-state index in [1.165, 1.54) is 0 Å². The molecule has 1 N–H and O–H groups in total. The minimum atomic E-state index is -0.511. The number of H-pyrrole nitrogens is 1. The smallest absolute Gasteiger partial charge is 0.410 e. The Morgan fingerprint density at radius 2 is 1.94 bits per heavy atom. The molecule has 1 fully saturated rings. The average molecular weight is 460 g/mol. The quantitative estimate of drug-likeness (QED) is 0.483. The Hall–Kier alpha value is -3.75. The van der Waals surface area contributed by atoms with E-state index in [1.807, 2.05) is 56.8 Å². The van der Waals surface area contributed by atoms with Gasteiger partial charge in [-0.1, -0.05) is 0 Å². The Labute approximate surface area is 198 Å². The van der Waals surface area contributed by atoms with Gasteiger partial charge in [0.15, 0.2) is 5.82 Å². The second-order valence-corrected chi connectivity index (χ2v) is 9.75. The maximum atomic E-state index is 12.6. The molecule has 0 bridgehead atoms. The summed E-state index contributed by atoms with van der Waals surface area (Å²) in [5, 5.41) is 13.3. The van der Waals surface area contributed by atoms with Gasteiger partial charge in [-0.15, -0.1) is 0 Å². The number of pyridine rings is 1. The maximum Gasteiger partial charge on any atom is 0.410 e. The number of rotatable bonds is 3. The fourth-order valence-electron chi connectivity index (χ4n) is 4.44. The van der Waals surface area contributed by atoms with E-state index in [-0.39, 0.29) is 12.0 Å². The first-order chi connectivity index (χ1) is 16.3. The van der Waals surface area contributed by atoms with Crippen LogP contribution in [0, 0.1) is 0 Å². The number of piperidine rings is 1. The number of likely N-dealkylation sites (tertiary alicyclic amines) is 1. The van der Waals surface area contributed by atoms with Gasteiger partial charge >= 0.3 is 6.09 Å². The van der Waals surface area contributed by atoms with Crippen molar-refractivity contribution in [2.24, 2.45) is 7.05 Å². The lowest BCUT2D eigenvalue weighted by Crippen LogP contribution is -2.42.